The molecule has 1 fully saturated rings. The first-order valence-corrected chi connectivity index (χ1v) is 11.4. The monoisotopic (exact) mass is 480 g/mol. The SMILES string of the molecule is CCOC(=O)C(c1ccc(Cl)cc1)N1CCN(C(=O)c2c(C)oc(-n3cccc3)c2C#N)CC1. The standard InChI is InChI=1S/C25H25ClN4O4/c1-3-33-25(32)22(18-6-8-19(26)9-7-18)28-12-14-29(15-13-28)23(31)21-17(2)34-24(20(21)16-27)30-10-4-5-11-30/h4-11,22H,3,12-15H2,1-2H3. The van der Waals surface area contributed by atoms with Crippen molar-refractivity contribution in [2.24, 2.45) is 0 Å². The average Bonchev–Trinajstić information content (AvgIpc) is 3.48. The highest BCUT2D eigenvalue weighted by atomic mass is 35.5. The number of aromatic nitrogens is 1. The van der Waals surface area contributed by atoms with E-state index in [0.717, 1.165) is 5.56 Å². The van der Waals surface area contributed by atoms with E-state index in [1.54, 1.807) is 47.8 Å². The zero-order valence-corrected chi connectivity index (χ0v) is 19.8. The number of esters is 1. The number of rotatable bonds is 6. The predicted molar refractivity (Wildman–Crippen MR) is 126 cm³/mol. The lowest BCUT2D eigenvalue weighted by atomic mass is 10.0. The molecule has 0 aliphatic carbocycles. The molecule has 1 aliphatic rings. The quantitative estimate of drug-likeness (QED) is 0.496. The van der Waals surface area contributed by atoms with Gasteiger partial charge in [-0.2, -0.15) is 5.26 Å². The van der Waals surface area contributed by atoms with Gasteiger partial charge in [0.15, 0.2) is 0 Å². The van der Waals surface area contributed by atoms with Crippen LogP contribution >= 0.6 is 11.6 Å². The number of piperazine rings is 1. The fourth-order valence-corrected chi connectivity index (χ4v) is 4.37. The van der Waals surface area contributed by atoms with E-state index in [1.807, 2.05) is 29.2 Å². The summed E-state index contributed by atoms with van der Waals surface area (Å²) in [5.41, 5.74) is 1.28. The van der Waals surface area contributed by atoms with Crippen LogP contribution in [0.4, 0.5) is 0 Å². The molecule has 1 aromatic carbocycles. The number of halogens is 1. The van der Waals surface area contributed by atoms with Gasteiger partial charge in [0.1, 0.15) is 29.0 Å². The van der Waals surface area contributed by atoms with Gasteiger partial charge in [-0.1, -0.05) is 23.7 Å². The first-order valence-electron chi connectivity index (χ1n) is 11.1. The summed E-state index contributed by atoms with van der Waals surface area (Å²) in [5, 5.41) is 10.4. The largest absolute Gasteiger partial charge is 0.465 e. The lowest BCUT2D eigenvalue weighted by Crippen LogP contribution is -2.51. The summed E-state index contributed by atoms with van der Waals surface area (Å²) >= 11 is 6.02. The zero-order valence-electron chi connectivity index (χ0n) is 19.0. The molecule has 176 valence electrons. The van der Waals surface area contributed by atoms with Crippen LogP contribution in [0.15, 0.2) is 53.2 Å². The second-order valence-corrected chi connectivity index (χ2v) is 8.39. The number of hydrogen-bond acceptors (Lipinski definition) is 6. The van der Waals surface area contributed by atoms with Crippen LogP contribution in [0, 0.1) is 18.3 Å². The van der Waals surface area contributed by atoms with E-state index in [2.05, 4.69) is 6.07 Å². The number of hydrogen-bond donors (Lipinski definition) is 0. The van der Waals surface area contributed by atoms with Crippen molar-refractivity contribution in [2.45, 2.75) is 19.9 Å². The van der Waals surface area contributed by atoms with E-state index in [4.69, 9.17) is 20.8 Å². The summed E-state index contributed by atoms with van der Waals surface area (Å²) in [4.78, 5) is 29.9. The smallest absolute Gasteiger partial charge is 0.328 e. The van der Waals surface area contributed by atoms with Crippen LogP contribution in [0.1, 0.15) is 40.2 Å². The van der Waals surface area contributed by atoms with Gasteiger partial charge in [-0.3, -0.25) is 14.3 Å². The number of carbonyl (C=O) groups is 2. The summed E-state index contributed by atoms with van der Waals surface area (Å²) in [7, 11) is 0. The van der Waals surface area contributed by atoms with Crippen LogP contribution in [0.3, 0.4) is 0 Å². The second-order valence-electron chi connectivity index (χ2n) is 7.95. The Kier molecular flexibility index (Phi) is 7.06. The van der Waals surface area contributed by atoms with Gasteiger partial charge in [0, 0.05) is 43.6 Å². The number of benzene rings is 1. The van der Waals surface area contributed by atoms with Gasteiger partial charge < -0.3 is 14.1 Å². The van der Waals surface area contributed by atoms with E-state index >= 15 is 0 Å². The van der Waals surface area contributed by atoms with E-state index < -0.39 is 6.04 Å². The van der Waals surface area contributed by atoms with Crippen LogP contribution in [0.25, 0.3) is 5.88 Å². The summed E-state index contributed by atoms with van der Waals surface area (Å²) in [6.07, 6.45) is 3.52. The highest BCUT2D eigenvalue weighted by Gasteiger charge is 2.35. The van der Waals surface area contributed by atoms with Gasteiger partial charge in [0.05, 0.1) is 6.61 Å². The van der Waals surface area contributed by atoms with Gasteiger partial charge in [0.25, 0.3) is 5.91 Å². The molecule has 34 heavy (non-hydrogen) atoms. The number of ether oxygens (including phenoxy) is 1. The molecule has 4 rings (SSSR count). The van der Waals surface area contributed by atoms with E-state index in [9.17, 15) is 14.9 Å². The number of nitriles is 1. The van der Waals surface area contributed by atoms with E-state index in [-0.39, 0.29) is 29.6 Å². The maximum atomic E-state index is 13.4. The van der Waals surface area contributed by atoms with Gasteiger partial charge in [-0.15, -0.1) is 0 Å². The number of furan rings is 1. The Balaban J connectivity index is 1.53. The molecule has 1 saturated heterocycles. The Hall–Kier alpha value is -3.54. The minimum Gasteiger partial charge on any atom is -0.465 e. The van der Waals surface area contributed by atoms with Gasteiger partial charge in [0.2, 0.25) is 5.88 Å². The molecule has 1 aliphatic heterocycles. The number of carbonyl (C=O) groups excluding carboxylic acids is 2. The van der Waals surface area contributed by atoms with Crippen LogP contribution in [-0.4, -0.2) is 59.0 Å². The highest BCUT2D eigenvalue weighted by molar-refractivity contribution is 6.30. The molecule has 3 heterocycles. The van der Waals surface area contributed by atoms with Gasteiger partial charge >= 0.3 is 5.97 Å². The third-order valence-corrected chi connectivity index (χ3v) is 6.14. The lowest BCUT2D eigenvalue weighted by molar-refractivity contribution is -0.150. The zero-order chi connectivity index (χ0) is 24.2. The number of aryl methyl sites for hydroxylation is 1. The van der Waals surface area contributed by atoms with Crippen molar-refractivity contribution < 1.29 is 18.7 Å². The molecule has 0 radical (unpaired) electrons. The van der Waals surface area contributed by atoms with Crippen molar-refractivity contribution in [3.63, 3.8) is 0 Å². The minimum absolute atomic E-state index is 0.215. The number of amides is 1. The van der Waals surface area contributed by atoms with Crippen molar-refractivity contribution in [3.8, 4) is 12.0 Å². The lowest BCUT2D eigenvalue weighted by Gasteiger charge is -2.38. The first kappa shape index (κ1) is 23.6. The molecule has 0 N–H and O–H groups in total. The van der Waals surface area contributed by atoms with Crippen LogP contribution in [0.5, 0.6) is 0 Å². The Bertz CT molecular complexity index is 1200. The maximum Gasteiger partial charge on any atom is 0.328 e. The molecule has 9 heteroatoms. The average molecular weight is 481 g/mol. The Labute approximate surface area is 202 Å². The summed E-state index contributed by atoms with van der Waals surface area (Å²) in [5.74, 6) is 0.142. The van der Waals surface area contributed by atoms with E-state index in [1.165, 1.54) is 0 Å². The Morgan fingerprint density at radius 2 is 1.79 bits per heavy atom. The van der Waals surface area contributed by atoms with Crippen molar-refractivity contribution in [3.05, 3.63) is 76.3 Å². The molecular formula is C25H25ClN4O4. The van der Waals surface area contributed by atoms with Crippen LogP contribution in [0.2, 0.25) is 5.02 Å². The summed E-state index contributed by atoms with van der Waals surface area (Å²) in [6.45, 7) is 5.49. The molecule has 0 saturated carbocycles. The van der Waals surface area contributed by atoms with Crippen LogP contribution < -0.4 is 0 Å². The van der Waals surface area contributed by atoms with Crippen molar-refractivity contribution >= 4 is 23.5 Å². The topological polar surface area (TPSA) is 91.7 Å². The predicted octanol–water partition coefficient (Wildman–Crippen LogP) is 3.97. The van der Waals surface area contributed by atoms with Crippen molar-refractivity contribution in [1.82, 2.24) is 14.4 Å². The molecular weight excluding hydrogens is 456 g/mol. The highest BCUT2D eigenvalue weighted by Crippen LogP contribution is 2.29. The molecule has 1 unspecified atom stereocenters. The van der Waals surface area contributed by atoms with Crippen molar-refractivity contribution in [2.75, 3.05) is 32.8 Å². The second kappa shape index (κ2) is 10.2. The van der Waals surface area contributed by atoms with Crippen molar-refractivity contribution in [1.29, 1.82) is 5.26 Å². The minimum atomic E-state index is -0.583. The van der Waals surface area contributed by atoms with E-state index in [0.29, 0.717) is 42.8 Å². The molecule has 8 nitrogen and oxygen atoms in total. The molecule has 1 atom stereocenters. The number of nitrogens with zero attached hydrogens (tertiary/aromatic N) is 4. The maximum absolute atomic E-state index is 13.4. The summed E-state index contributed by atoms with van der Waals surface area (Å²) in [6, 6.07) is 12.3. The molecule has 2 aromatic heterocycles. The van der Waals surface area contributed by atoms with Gasteiger partial charge in [-0.25, -0.2) is 4.79 Å². The molecule has 3 aromatic rings. The fraction of sp³-hybridized carbons (Fsp3) is 0.320. The normalized spacial score (nSPS) is 15.1. The van der Waals surface area contributed by atoms with Crippen LogP contribution in [-0.2, 0) is 9.53 Å². The molecule has 0 spiro atoms. The Morgan fingerprint density at radius 1 is 1.15 bits per heavy atom. The fourth-order valence-electron chi connectivity index (χ4n) is 4.25. The van der Waals surface area contributed by atoms with Gasteiger partial charge in [-0.05, 0) is 43.7 Å². The third-order valence-electron chi connectivity index (χ3n) is 5.89. The summed E-state index contributed by atoms with van der Waals surface area (Å²) < 4.78 is 12.8. The molecule has 1 amide bonds. The Morgan fingerprint density at radius 3 is 2.38 bits per heavy atom. The first-order chi connectivity index (χ1) is 16.4. The third kappa shape index (κ3) is 4.58. The molecule has 0 bridgehead atoms.